The van der Waals surface area contributed by atoms with Crippen molar-refractivity contribution >= 4 is 5.97 Å². The van der Waals surface area contributed by atoms with Crippen molar-refractivity contribution in [2.24, 2.45) is 11.7 Å². The topological polar surface area (TPSA) is 81.8 Å². The van der Waals surface area contributed by atoms with Gasteiger partial charge < -0.3 is 20.3 Å². The van der Waals surface area contributed by atoms with Crippen LogP contribution in [0.1, 0.15) is 20.3 Å². The third-order valence-corrected chi connectivity index (χ3v) is 2.56. The lowest BCUT2D eigenvalue weighted by atomic mass is 9.86. The Balaban J connectivity index is 4.63. The Labute approximate surface area is 90.5 Å². The number of carbonyl (C=O) groups excluding carboxylic acids is 1. The SMILES string of the molecule is CCC(C(=O)OC)C(C)(CN)OCCO. The van der Waals surface area contributed by atoms with Gasteiger partial charge in [0, 0.05) is 6.54 Å². The Morgan fingerprint density at radius 1 is 1.60 bits per heavy atom. The first-order valence-corrected chi connectivity index (χ1v) is 5.08. The minimum Gasteiger partial charge on any atom is -0.469 e. The molecule has 15 heavy (non-hydrogen) atoms. The third-order valence-electron chi connectivity index (χ3n) is 2.56. The van der Waals surface area contributed by atoms with Crippen molar-refractivity contribution in [1.29, 1.82) is 0 Å². The second-order valence-corrected chi connectivity index (χ2v) is 3.57. The first-order chi connectivity index (χ1) is 7.05. The maximum Gasteiger partial charge on any atom is 0.311 e. The number of esters is 1. The highest BCUT2D eigenvalue weighted by molar-refractivity contribution is 5.73. The fourth-order valence-electron chi connectivity index (χ4n) is 1.57. The molecule has 0 aliphatic heterocycles. The van der Waals surface area contributed by atoms with Crippen LogP contribution in [0, 0.1) is 5.92 Å². The van der Waals surface area contributed by atoms with Crippen LogP contribution in [0.5, 0.6) is 0 Å². The van der Waals surface area contributed by atoms with Crippen LogP contribution in [0.4, 0.5) is 0 Å². The zero-order valence-corrected chi connectivity index (χ0v) is 9.66. The van der Waals surface area contributed by atoms with Crippen molar-refractivity contribution in [3.63, 3.8) is 0 Å². The molecular formula is C10H21NO4. The summed E-state index contributed by atoms with van der Waals surface area (Å²) >= 11 is 0. The second-order valence-electron chi connectivity index (χ2n) is 3.57. The highest BCUT2D eigenvalue weighted by Crippen LogP contribution is 2.25. The van der Waals surface area contributed by atoms with Crippen LogP contribution in [-0.4, -0.2) is 43.5 Å². The zero-order valence-electron chi connectivity index (χ0n) is 9.66. The van der Waals surface area contributed by atoms with Gasteiger partial charge in [0.25, 0.3) is 0 Å². The highest BCUT2D eigenvalue weighted by atomic mass is 16.5. The van der Waals surface area contributed by atoms with Crippen molar-refractivity contribution in [3.8, 4) is 0 Å². The number of rotatable bonds is 7. The molecule has 0 saturated heterocycles. The Morgan fingerprint density at radius 2 is 2.20 bits per heavy atom. The van der Waals surface area contributed by atoms with E-state index in [-0.39, 0.29) is 25.7 Å². The van der Waals surface area contributed by atoms with E-state index in [9.17, 15) is 4.79 Å². The van der Waals surface area contributed by atoms with Crippen LogP contribution in [0.15, 0.2) is 0 Å². The summed E-state index contributed by atoms with van der Waals surface area (Å²) in [5.74, 6) is -0.734. The summed E-state index contributed by atoms with van der Waals surface area (Å²) < 4.78 is 10.1. The lowest BCUT2D eigenvalue weighted by Crippen LogP contribution is -2.48. The number of ether oxygens (including phenoxy) is 2. The Morgan fingerprint density at radius 3 is 2.53 bits per heavy atom. The number of hydrogen-bond donors (Lipinski definition) is 2. The molecule has 0 spiro atoms. The Hall–Kier alpha value is -0.650. The quantitative estimate of drug-likeness (QED) is 0.585. The Bertz CT molecular complexity index is 198. The fourth-order valence-corrected chi connectivity index (χ4v) is 1.57. The van der Waals surface area contributed by atoms with E-state index in [2.05, 4.69) is 0 Å². The van der Waals surface area contributed by atoms with Gasteiger partial charge in [0.05, 0.1) is 31.8 Å². The molecule has 90 valence electrons. The van der Waals surface area contributed by atoms with Crippen molar-refractivity contribution in [1.82, 2.24) is 0 Å². The van der Waals surface area contributed by atoms with E-state index in [1.165, 1.54) is 7.11 Å². The molecule has 0 heterocycles. The minimum absolute atomic E-state index is 0.0901. The molecule has 0 bridgehead atoms. The summed E-state index contributed by atoms with van der Waals surface area (Å²) in [6, 6.07) is 0. The molecule has 5 nitrogen and oxygen atoms in total. The van der Waals surface area contributed by atoms with Crippen molar-refractivity contribution in [2.45, 2.75) is 25.9 Å². The number of methoxy groups -OCH3 is 1. The number of carbonyl (C=O) groups is 1. The van der Waals surface area contributed by atoms with Gasteiger partial charge in [-0.05, 0) is 13.3 Å². The molecule has 0 amide bonds. The summed E-state index contributed by atoms with van der Waals surface area (Å²) in [5, 5.41) is 8.69. The van der Waals surface area contributed by atoms with E-state index in [0.717, 1.165) is 0 Å². The number of aliphatic hydroxyl groups is 1. The smallest absolute Gasteiger partial charge is 0.311 e. The van der Waals surface area contributed by atoms with Crippen LogP contribution < -0.4 is 5.73 Å². The lowest BCUT2D eigenvalue weighted by Gasteiger charge is -2.34. The summed E-state index contributed by atoms with van der Waals surface area (Å²) in [5.41, 5.74) is 4.83. The molecule has 0 aliphatic carbocycles. The van der Waals surface area contributed by atoms with Gasteiger partial charge in [-0.15, -0.1) is 0 Å². The molecule has 0 radical (unpaired) electrons. The summed E-state index contributed by atoms with van der Waals surface area (Å²) in [7, 11) is 1.34. The van der Waals surface area contributed by atoms with Gasteiger partial charge >= 0.3 is 5.97 Å². The molecule has 5 heteroatoms. The number of hydrogen-bond acceptors (Lipinski definition) is 5. The standard InChI is InChI=1S/C10H21NO4/c1-4-8(9(13)14-3)10(2,7-11)15-6-5-12/h8,12H,4-7,11H2,1-3H3. The highest BCUT2D eigenvalue weighted by Gasteiger charge is 2.38. The van der Waals surface area contributed by atoms with Crippen molar-refractivity contribution in [2.75, 3.05) is 26.9 Å². The van der Waals surface area contributed by atoms with Gasteiger partial charge in [-0.2, -0.15) is 0 Å². The largest absolute Gasteiger partial charge is 0.469 e. The van der Waals surface area contributed by atoms with Crippen LogP contribution in [0.25, 0.3) is 0 Å². The number of aliphatic hydroxyl groups excluding tert-OH is 1. The molecule has 0 rings (SSSR count). The predicted octanol–water partition coefficient (Wildman–Crippen LogP) is -0.0881. The molecule has 0 aliphatic rings. The van der Waals surface area contributed by atoms with Crippen molar-refractivity contribution in [3.05, 3.63) is 0 Å². The van der Waals surface area contributed by atoms with Crippen LogP contribution in [-0.2, 0) is 14.3 Å². The van der Waals surface area contributed by atoms with E-state index in [1.807, 2.05) is 6.92 Å². The maximum absolute atomic E-state index is 11.5. The van der Waals surface area contributed by atoms with Gasteiger partial charge in [0.15, 0.2) is 0 Å². The van der Waals surface area contributed by atoms with E-state index in [1.54, 1.807) is 6.92 Å². The molecule has 2 atom stereocenters. The molecule has 2 unspecified atom stereocenters. The van der Waals surface area contributed by atoms with Crippen LogP contribution in [0.2, 0.25) is 0 Å². The number of nitrogens with two attached hydrogens (primary N) is 1. The molecule has 3 N–H and O–H groups in total. The average molecular weight is 219 g/mol. The molecule has 0 aromatic carbocycles. The predicted molar refractivity (Wildman–Crippen MR) is 56.3 cm³/mol. The van der Waals surface area contributed by atoms with Gasteiger partial charge in [-0.1, -0.05) is 6.92 Å². The second kappa shape index (κ2) is 6.76. The van der Waals surface area contributed by atoms with Gasteiger partial charge in [0.2, 0.25) is 0 Å². The molecule has 0 aromatic rings. The van der Waals surface area contributed by atoms with Gasteiger partial charge in [0.1, 0.15) is 0 Å². The van der Waals surface area contributed by atoms with E-state index in [0.29, 0.717) is 6.42 Å². The summed E-state index contributed by atoms with van der Waals surface area (Å²) in [4.78, 5) is 11.5. The van der Waals surface area contributed by atoms with E-state index in [4.69, 9.17) is 20.3 Å². The van der Waals surface area contributed by atoms with Crippen molar-refractivity contribution < 1.29 is 19.4 Å². The first kappa shape index (κ1) is 14.3. The molecule has 0 aromatic heterocycles. The fraction of sp³-hybridized carbons (Fsp3) is 0.900. The summed E-state index contributed by atoms with van der Waals surface area (Å²) in [6.45, 7) is 3.92. The molecule has 0 fully saturated rings. The average Bonchev–Trinajstić information content (AvgIpc) is 2.26. The first-order valence-electron chi connectivity index (χ1n) is 5.08. The van der Waals surface area contributed by atoms with Crippen LogP contribution in [0.3, 0.4) is 0 Å². The monoisotopic (exact) mass is 219 g/mol. The minimum atomic E-state index is -0.773. The third kappa shape index (κ3) is 3.77. The normalized spacial score (nSPS) is 16.9. The lowest BCUT2D eigenvalue weighted by molar-refractivity contribution is -0.160. The van der Waals surface area contributed by atoms with Gasteiger partial charge in [-0.3, -0.25) is 4.79 Å². The van der Waals surface area contributed by atoms with Gasteiger partial charge in [-0.25, -0.2) is 0 Å². The Kier molecular flexibility index (Phi) is 6.47. The van der Waals surface area contributed by atoms with Crippen LogP contribution >= 0.6 is 0 Å². The molecule has 0 saturated carbocycles. The zero-order chi connectivity index (χ0) is 11.9. The molecular weight excluding hydrogens is 198 g/mol. The van der Waals surface area contributed by atoms with E-state index < -0.39 is 11.5 Å². The summed E-state index contributed by atoms with van der Waals surface area (Å²) in [6.07, 6.45) is 0.589. The van der Waals surface area contributed by atoms with E-state index >= 15 is 0 Å². The maximum atomic E-state index is 11.5.